The molecule has 2 N–H and O–H groups in total. The maximum absolute atomic E-state index is 12.0. The van der Waals surface area contributed by atoms with Gasteiger partial charge in [0.25, 0.3) is 0 Å². The average molecular weight is 468 g/mol. The number of aromatic nitrogens is 1. The van der Waals surface area contributed by atoms with E-state index in [-0.39, 0.29) is 42.9 Å². The van der Waals surface area contributed by atoms with Crippen LogP contribution in [0.4, 0.5) is 0 Å². The predicted molar refractivity (Wildman–Crippen MR) is 112 cm³/mol. The molecule has 1 aliphatic rings. The van der Waals surface area contributed by atoms with Gasteiger partial charge in [0.1, 0.15) is 0 Å². The number of aliphatic hydroxyl groups excluding tert-OH is 1. The fourth-order valence-corrected chi connectivity index (χ4v) is 3.78. The van der Waals surface area contributed by atoms with Crippen LogP contribution in [0.5, 0.6) is 0 Å². The van der Waals surface area contributed by atoms with Crippen molar-refractivity contribution in [2.24, 2.45) is 0 Å². The summed E-state index contributed by atoms with van der Waals surface area (Å²) in [4.78, 5) is 12.0. The third kappa shape index (κ3) is 5.14. The van der Waals surface area contributed by atoms with Crippen LogP contribution in [-0.4, -0.2) is 41.4 Å². The number of methoxy groups -OCH3 is 1. The number of benzene rings is 1. The number of ether oxygens (including phenoxy) is 1. The lowest BCUT2D eigenvalue weighted by molar-refractivity contribution is 0.0602. The minimum absolute atomic E-state index is 0. The molecular formula is C18H25BrCl2N2O3. The van der Waals surface area contributed by atoms with Gasteiger partial charge in [0.2, 0.25) is 0 Å². The van der Waals surface area contributed by atoms with Crippen molar-refractivity contribution in [2.75, 3.05) is 13.7 Å². The zero-order valence-corrected chi connectivity index (χ0v) is 17.8. The number of aliphatic hydroxyl groups is 1. The fourth-order valence-electron chi connectivity index (χ4n) is 3.43. The van der Waals surface area contributed by atoms with Crippen LogP contribution in [0.2, 0.25) is 0 Å². The Labute approximate surface area is 174 Å². The maximum atomic E-state index is 12.0. The second kappa shape index (κ2) is 10.5. The van der Waals surface area contributed by atoms with E-state index in [0.717, 1.165) is 54.1 Å². The van der Waals surface area contributed by atoms with Gasteiger partial charge in [-0.3, -0.25) is 0 Å². The van der Waals surface area contributed by atoms with E-state index in [9.17, 15) is 9.90 Å². The van der Waals surface area contributed by atoms with Crippen molar-refractivity contribution in [3.05, 3.63) is 34.4 Å². The Morgan fingerprint density at radius 1 is 1.42 bits per heavy atom. The summed E-state index contributed by atoms with van der Waals surface area (Å²) in [5.41, 5.74) is 1.61. The molecule has 2 heterocycles. The van der Waals surface area contributed by atoms with Gasteiger partial charge in [-0.2, -0.15) is 0 Å². The molecule has 0 spiro atoms. The topological polar surface area (TPSA) is 63.5 Å². The third-order valence-corrected chi connectivity index (χ3v) is 5.20. The molecule has 2 aromatic rings. The first kappa shape index (κ1) is 23.2. The van der Waals surface area contributed by atoms with Crippen LogP contribution in [0.15, 0.2) is 28.9 Å². The van der Waals surface area contributed by atoms with Gasteiger partial charge in [-0.15, -0.1) is 24.8 Å². The van der Waals surface area contributed by atoms with Crippen molar-refractivity contribution in [3.8, 4) is 0 Å². The van der Waals surface area contributed by atoms with E-state index in [1.807, 2.05) is 24.4 Å². The highest BCUT2D eigenvalue weighted by molar-refractivity contribution is 9.10. The Kier molecular flexibility index (Phi) is 9.41. The molecule has 0 unspecified atom stereocenters. The zero-order chi connectivity index (χ0) is 17.1. The van der Waals surface area contributed by atoms with Crippen molar-refractivity contribution in [1.29, 1.82) is 0 Å². The summed E-state index contributed by atoms with van der Waals surface area (Å²) in [6.07, 6.45) is 5.39. The van der Waals surface area contributed by atoms with E-state index in [0.29, 0.717) is 5.56 Å². The van der Waals surface area contributed by atoms with E-state index < -0.39 is 0 Å². The van der Waals surface area contributed by atoms with Crippen LogP contribution in [0.25, 0.3) is 10.9 Å². The first-order valence-corrected chi connectivity index (χ1v) is 9.17. The number of aryl methyl sites for hydroxylation is 1. The van der Waals surface area contributed by atoms with Crippen LogP contribution >= 0.6 is 40.7 Å². The number of halogens is 3. The Morgan fingerprint density at radius 2 is 2.19 bits per heavy atom. The van der Waals surface area contributed by atoms with Gasteiger partial charge in [0.05, 0.1) is 24.3 Å². The Balaban J connectivity index is 0.00000169. The highest BCUT2D eigenvalue weighted by atomic mass is 79.9. The average Bonchev–Trinajstić information content (AvgIpc) is 2.94. The highest BCUT2D eigenvalue weighted by Crippen LogP contribution is 2.26. The van der Waals surface area contributed by atoms with Gasteiger partial charge in [-0.1, -0.05) is 22.0 Å². The predicted octanol–water partition coefficient (Wildman–Crippen LogP) is 3.93. The molecule has 0 aliphatic carbocycles. The second-order valence-corrected chi connectivity index (χ2v) is 7.22. The molecule has 3 rings (SSSR count). The second-order valence-electron chi connectivity index (χ2n) is 6.30. The smallest absolute Gasteiger partial charge is 0.340 e. The minimum Gasteiger partial charge on any atom is -0.465 e. The number of nitrogens with one attached hydrogen (secondary N) is 1. The molecule has 2 atom stereocenters. The van der Waals surface area contributed by atoms with Gasteiger partial charge >= 0.3 is 5.97 Å². The quantitative estimate of drug-likeness (QED) is 0.654. The SMILES string of the molecule is COC(=O)c1cn(CCC[C@H]2NCCC[C@@H]2O)c2cc(Br)ccc12.Cl.Cl. The summed E-state index contributed by atoms with van der Waals surface area (Å²) in [7, 11) is 1.40. The van der Waals surface area contributed by atoms with Gasteiger partial charge < -0.3 is 19.7 Å². The molecule has 1 aromatic heterocycles. The molecule has 1 fully saturated rings. The summed E-state index contributed by atoms with van der Waals surface area (Å²) >= 11 is 3.50. The summed E-state index contributed by atoms with van der Waals surface area (Å²) in [6, 6.07) is 6.07. The summed E-state index contributed by atoms with van der Waals surface area (Å²) in [5.74, 6) is -0.314. The molecular weight excluding hydrogens is 443 g/mol. The molecule has 26 heavy (non-hydrogen) atoms. The molecule has 1 aliphatic heterocycles. The van der Waals surface area contributed by atoms with E-state index in [1.165, 1.54) is 7.11 Å². The standard InChI is InChI=1S/C18H23BrN2O3.2ClH/c1-24-18(23)14-11-21(16-10-12(19)6-7-13(14)16)9-3-4-15-17(22)5-2-8-20-15;;/h6-7,10-11,15,17,20,22H,2-5,8-9H2,1H3;2*1H/t15-,17+;;/m1../s1. The molecule has 1 saturated heterocycles. The normalized spacial score (nSPS) is 19.5. The number of hydrogen-bond acceptors (Lipinski definition) is 4. The van der Waals surface area contributed by atoms with E-state index in [4.69, 9.17) is 4.74 Å². The first-order valence-electron chi connectivity index (χ1n) is 8.38. The molecule has 0 bridgehead atoms. The van der Waals surface area contributed by atoms with Crippen LogP contribution in [0, 0.1) is 0 Å². The highest BCUT2D eigenvalue weighted by Gasteiger charge is 2.22. The van der Waals surface area contributed by atoms with E-state index in [2.05, 4.69) is 25.8 Å². The molecule has 5 nitrogen and oxygen atoms in total. The monoisotopic (exact) mass is 466 g/mol. The third-order valence-electron chi connectivity index (χ3n) is 4.71. The first-order chi connectivity index (χ1) is 11.6. The van der Waals surface area contributed by atoms with Gasteiger partial charge in [-0.25, -0.2) is 4.79 Å². The number of hydrogen-bond donors (Lipinski definition) is 2. The Bertz CT molecular complexity index is 739. The summed E-state index contributed by atoms with van der Waals surface area (Å²) in [6.45, 7) is 1.78. The van der Waals surface area contributed by atoms with E-state index >= 15 is 0 Å². The van der Waals surface area contributed by atoms with Crippen molar-refractivity contribution in [2.45, 2.75) is 44.4 Å². The number of nitrogens with zero attached hydrogens (tertiary/aromatic N) is 1. The van der Waals surface area contributed by atoms with Crippen molar-refractivity contribution in [1.82, 2.24) is 9.88 Å². The molecule has 146 valence electrons. The number of esters is 1. The molecule has 1 aromatic carbocycles. The molecule has 0 radical (unpaired) electrons. The van der Waals surface area contributed by atoms with Crippen LogP contribution in [-0.2, 0) is 11.3 Å². The summed E-state index contributed by atoms with van der Waals surface area (Å²) in [5, 5.41) is 14.3. The van der Waals surface area contributed by atoms with E-state index in [1.54, 1.807) is 0 Å². The van der Waals surface area contributed by atoms with Gasteiger partial charge in [0, 0.05) is 28.6 Å². The molecule has 0 saturated carbocycles. The van der Waals surface area contributed by atoms with Crippen LogP contribution in [0.1, 0.15) is 36.0 Å². The Morgan fingerprint density at radius 3 is 2.88 bits per heavy atom. The largest absolute Gasteiger partial charge is 0.465 e. The van der Waals surface area contributed by atoms with Crippen molar-refractivity contribution >= 4 is 57.6 Å². The lowest BCUT2D eigenvalue weighted by Crippen LogP contribution is -2.44. The van der Waals surface area contributed by atoms with Gasteiger partial charge in [0.15, 0.2) is 0 Å². The number of carbonyl (C=O) groups excluding carboxylic acids is 1. The molecule has 0 amide bonds. The minimum atomic E-state index is -0.314. The number of piperidine rings is 1. The maximum Gasteiger partial charge on any atom is 0.340 e. The van der Waals surface area contributed by atoms with Crippen LogP contribution in [0.3, 0.4) is 0 Å². The van der Waals surface area contributed by atoms with Crippen molar-refractivity contribution < 1.29 is 14.6 Å². The fraction of sp³-hybridized carbons (Fsp3) is 0.500. The number of fused-ring (bicyclic) bond motifs is 1. The number of rotatable bonds is 5. The number of carbonyl (C=O) groups is 1. The van der Waals surface area contributed by atoms with Crippen LogP contribution < -0.4 is 5.32 Å². The lowest BCUT2D eigenvalue weighted by atomic mass is 9.97. The van der Waals surface area contributed by atoms with Crippen molar-refractivity contribution in [3.63, 3.8) is 0 Å². The lowest BCUT2D eigenvalue weighted by Gasteiger charge is -2.29. The Hall–Kier alpha value is -0.790. The zero-order valence-electron chi connectivity index (χ0n) is 14.6. The van der Waals surface area contributed by atoms with Gasteiger partial charge in [-0.05, 0) is 44.4 Å². The molecule has 8 heteroatoms. The summed E-state index contributed by atoms with van der Waals surface area (Å²) < 4.78 is 7.97.